The van der Waals surface area contributed by atoms with E-state index < -0.39 is 17.6 Å². The average Bonchev–Trinajstić information content (AvgIpc) is 3.59. The number of carbonyl (C=O) groups excluding carboxylic acids is 1. The van der Waals surface area contributed by atoms with Crippen molar-refractivity contribution in [3.05, 3.63) is 64.2 Å². The minimum absolute atomic E-state index is 0.0215. The highest BCUT2D eigenvalue weighted by Gasteiger charge is 2.43. The maximum absolute atomic E-state index is 14.4. The Bertz CT molecular complexity index is 1550. The van der Waals surface area contributed by atoms with Gasteiger partial charge in [0.15, 0.2) is 0 Å². The molecule has 43 heavy (non-hydrogen) atoms. The Labute approximate surface area is 249 Å². The first kappa shape index (κ1) is 28.3. The Kier molecular flexibility index (Phi) is 6.79. The number of nitrogens with zero attached hydrogens (tertiary/aromatic N) is 5. The van der Waals surface area contributed by atoms with Crippen LogP contribution < -0.4 is 15.5 Å². The van der Waals surface area contributed by atoms with E-state index in [1.54, 1.807) is 12.4 Å². The monoisotopic (exact) mass is 593 g/mol. The lowest BCUT2D eigenvalue weighted by Gasteiger charge is -2.42. The third kappa shape index (κ3) is 5.41. The molecule has 2 aromatic heterocycles. The van der Waals surface area contributed by atoms with Gasteiger partial charge < -0.3 is 15.2 Å². The van der Waals surface area contributed by atoms with E-state index >= 15 is 0 Å². The van der Waals surface area contributed by atoms with E-state index in [1.807, 2.05) is 17.7 Å². The van der Waals surface area contributed by atoms with Crippen molar-refractivity contribution in [3.8, 4) is 0 Å². The number of halogens is 3. The third-order valence-electron chi connectivity index (χ3n) is 10.2. The molecule has 4 aliphatic rings. The molecule has 0 unspecified atom stereocenters. The van der Waals surface area contributed by atoms with Crippen LogP contribution in [0.2, 0.25) is 0 Å². The topological polar surface area (TPSA) is 88.0 Å². The lowest BCUT2D eigenvalue weighted by atomic mass is 9.62. The van der Waals surface area contributed by atoms with Gasteiger partial charge in [0.05, 0.1) is 12.1 Å². The molecule has 8 nitrogen and oxygen atoms in total. The molecule has 2 N–H and O–H groups in total. The van der Waals surface area contributed by atoms with Crippen LogP contribution in [0.4, 0.5) is 24.8 Å². The fourth-order valence-corrected chi connectivity index (χ4v) is 6.77. The predicted octanol–water partition coefficient (Wildman–Crippen LogP) is 5.91. The van der Waals surface area contributed by atoms with Gasteiger partial charge in [-0.3, -0.25) is 9.69 Å². The number of aromatic nitrogens is 4. The zero-order valence-corrected chi connectivity index (χ0v) is 24.7. The number of hydrogen-bond acceptors (Lipinski definition) is 6. The lowest BCUT2D eigenvalue weighted by Crippen LogP contribution is -2.47. The van der Waals surface area contributed by atoms with E-state index in [9.17, 15) is 18.0 Å². The molecule has 0 bridgehead atoms. The van der Waals surface area contributed by atoms with Crippen LogP contribution in [-0.2, 0) is 38.1 Å². The van der Waals surface area contributed by atoms with Crippen molar-refractivity contribution in [2.45, 2.75) is 94.9 Å². The second-order valence-electron chi connectivity index (χ2n) is 13.4. The lowest BCUT2D eigenvalue weighted by molar-refractivity contribution is -0.138. The Morgan fingerprint density at radius 3 is 2.44 bits per heavy atom. The van der Waals surface area contributed by atoms with Crippen molar-refractivity contribution >= 4 is 17.5 Å². The summed E-state index contributed by atoms with van der Waals surface area (Å²) in [4.78, 5) is 20.1. The number of aryl methyl sites for hydroxylation is 1. The van der Waals surface area contributed by atoms with Crippen molar-refractivity contribution in [2.75, 3.05) is 16.8 Å². The Morgan fingerprint density at radius 1 is 1.07 bits per heavy atom. The molecule has 0 saturated heterocycles. The number of alkyl halides is 3. The quantitative estimate of drug-likeness (QED) is 0.304. The summed E-state index contributed by atoms with van der Waals surface area (Å²) in [7, 11) is 1.93. The summed E-state index contributed by atoms with van der Waals surface area (Å²) in [5, 5.41) is 15.2. The van der Waals surface area contributed by atoms with E-state index in [4.69, 9.17) is 4.98 Å². The molecule has 1 aromatic carbocycles. The predicted molar refractivity (Wildman–Crippen MR) is 157 cm³/mol. The van der Waals surface area contributed by atoms with Crippen molar-refractivity contribution in [1.29, 1.82) is 0 Å². The van der Waals surface area contributed by atoms with Crippen molar-refractivity contribution in [2.24, 2.45) is 13.0 Å². The number of carbonyl (C=O) groups is 1. The normalized spacial score (nSPS) is 20.5. The highest BCUT2D eigenvalue weighted by molar-refractivity contribution is 6.10. The Balaban J connectivity index is 1.24. The van der Waals surface area contributed by atoms with Crippen molar-refractivity contribution in [1.82, 2.24) is 25.1 Å². The first-order valence-electron chi connectivity index (χ1n) is 15.4. The van der Waals surface area contributed by atoms with Crippen LogP contribution in [0.3, 0.4) is 0 Å². The van der Waals surface area contributed by atoms with Crippen LogP contribution in [0.5, 0.6) is 0 Å². The molecule has 1 amide bonds. The molecule has 11 heteroatoms. The Hall–Kier alpha value is -3.47. The summed E-state index contributed by atoms with van der Waals surface area (Å²) in [6.45, 7) is 3.00. The number of benzene rings is 1. The number of amides is 1. The molecule has 1 aliphatic heterocycles. The standard InChI is InChI=1S/C32H38F3N7O/c1-30(7-3-8-30)37-17-21-11-23-24(25(12-21)32(33,34)35)18-42(29(23)43)27-14-22(13-26(39-27)36-16-20-5-6-20)31(9-4-10-31)15-28-40-38-19-41(28)2/h11-14,19-20,37H,3-10,15-18H2,1-2H3,(H,36,39). The Morgan fingerprint density at radius 2 is 1.84 bits per heavy atom. The molecule has 0 spiro atoms. The third-order valence-corrected chi connectivity index (χ3v) is 10.2. The molecule has 3 aliphatic carbocycles. The summed E-state index contributed by atoms with van der Waals surface area (Å²) >= 11 is 0. The molecule has 0 radical (unpaired) electrons. The summed E-state index contributed by atoms with van der Waals surface area (Å²) < 4.78 is 45.0. The molecule has 0 atom stereocenters. The molecule has 3 aromatic rings. The van der Waals surface area contributed by atoms with Gasteiger partial charge in [-0.15, -0.1) is 10.2 Å². The SMILES string of the molecule is Cn1cnnc1CC1(c2cc(NCC3CC3)nc(N3Cc4c(cc(CNC5(C)CCC5)cc4C(F)(F)F)C3=O)c2)CCC1. The van der Waals surface area contributed by atoms with Crippen molar-refractivity contribution < 1.29 is 18.0 Å². The van der Waals surface area contributed by atoms with Crippen LogP contribution in [0.1, 0.15) is 96.7 Å². The van der Waals surface area contributed by atoms with Crippen LogP contribution in [-0.4, -0.2) is 37.7 Å². The molecule has 3 fully saturated rings. The highest BCUT2D eigenvalue weighted by Crippen LogP contribution is 2.48. The van der Waals surface area contributed by atoms with Crippen LogP contribution in [0.15, 0.2) is 30.6 Å². The molecule has 3 heterocycles. The van der Waals surface area contributed by atoms with E-state index in [2.05, 4.69) is 33.8 Å². The maximum Gasteiger partial charge on any atom is 0.416 e. The molecular formula is C32H38F3N7O. The molecule has 3 saturated carbocycles. The highest BCUT2D eigenvalue weighted by atomic mass is 19.4. The van der Waals surface area contributed by atoms with Gasteiger partial charge in [-0.1, -0.05) is 6.42 Å². The summed E-state index contributed by atoms with van der Waals surface area (Å²) in [5.74, 6) is 2.08. The molecular weight excluding hydrogens is 555 g/mol. The fourth-order valence-electron chi connectivity index (χ4n) is 6.77. The van der Waals surface area contributed by atoms with Gasteiger partial charge in [-0.05, 0) is 98.7 Å². The smallest absolute Gasteiger partial charge is 0.370 e. The number of fused-ring (bicyclic) bond motifs is 1. The zero-order valence-electron chi connectivity index (χ0n) is 24.7. The van der Waals surface area contributed by atoms with Gasteiger partial charge in [0, 0.05) is 43.1 Å². The molecule has 228 valence electrons. The van der Waals surface area contributed by atoms with Gasteiger partial charge in [-0.2, -0.15) is 13.2 Å². The van der Waals surface area contributed by atoms with Gasteiger partial charge >= 0.3 is 6.18 Å². The van der Waals surface area contributed by atoms with Gasteiger partial charge in [0.1, 0.15) is 23.8 Å². The minimum Gasteiger partial charge on any atom is -0.370 e. The maximum atomic E-state index is 14.4. The van der Waals surface area contributed by atoms with E-state index in [0.29, 0.717) is 29.5 Å². The second kappa shape index (κ2) is 10.3. The average molecular weight is 594 g/mol. The number of rotatable bonds is 10. The summed E-state index contributed by atoms with van der Waals surface area (Å²) in [6.07, 6.45) is 6.22. The minimum atomic E-state index is -4.57. The fraction of sp³-hybridized carbons (Fsp3) is 0.562. The van der Waals surface area contributed by atoms with Gasteiger partial charge in [0.2, 0.25) is 0 Å². The number of pyridine rings is 1. The summed E-state index contributed by atoms with van der Waals surface area (Å²) in [5.41, 5.74) is 0.638. The van der Waals surface area contributed by atoms with Crippen LogP contribution >= 0.6 is 0 Å². The zero-order chi connectivity index (χ0) is 30.0. The number of anilines is 2. The second-order valence-corrected chi connectivity index (χ2v) is 13.4. The first-order valence-corrected chi connectivity index (χ1v) is 15.4. The van der Waals surface area contributed by atoms with Gasteiger partial charge in [-0.25, -0.2) is 4.98 Å². The summed E-state index contributed by atoms with van der Waals surface area (Å²) in [6, 6.07) is 6.82. The van der Waals surface area contributed by atoms with Gasteiger partial charge in [0.25, 0.3) is 5.91 Å². The molecule has 7 rings (SSSR count). The van der Waals surface area contributed by atoms with Crippen LogP contribution in [0.25, 0.3) is 0 Å². The first-order chi connectivity index (χ1) is 20.5. The number of hydrogen-bond donors (Lipinski definition) is 2. The van der Waals surface area contributed by atoms with Crippen molar-refractivity contribution in [3.63, 3.8) is 0 Å². The number of nitrogens with one attached hydrogen (secondary N) is 2. The van der Waals surface area contributed by atoms with Crippen LogP contribution in [0, 0.1) is 5.92 Å². The largest absolute Gasteiger partial charge is 0.416 e. The van der Waals surface area contributed by atoms with E-state index in [-0.39, 0.29) is 35.2 Å². The van der Waals surface area contributed by atoms with E-state index in [1.165, 1.54) is 23.8 Å². The van der Waals surface area contributed by atoms with E-state index in [0.717, 1.165) is 56.5 Å².